The Labute approximate surface area is 77.5 Å². The van der Waals surface area contributed by atoms with Crippen LogP contribution >= 0.6 is 0 Å². The summed E-state index contributed by atoms with van der Waals surface area (Å²) in [5.74, 6) is 0.426. The summed E-state index contributed by atoms with van der Waals surface area (Å²) in [5, 5.41) is 9.13. The van der Waals surface area contributed by atoms with Gasteiger partial charge in [0, 0.05) is 0 Å². The molecule has 0 fully saturated rings. The van der Waals surface area contributed by atoms with Gasteiger partial charge in [0.15, 0.2) is 0 Å². The van der Waals surface area contributed by atoms with Gasteiger partial charge in [0.05, 0.1) is 6.10 Å². The van der Waals surface area contributed by atoms with Crippen LogP contribution in [0.4, 0.5) is 0 Å². The van der Waals surface area contributed by atoms with Crippen LogP contribution in [-0.4, -0.2) is 14.9 Å². The van der Waals surface area contributed by atoms with Crippen molar-refractivity contribution in [2.24, 2.45) is 5.92 Å². The van der Waals surface area contributed by atoms with Crippen LogP contribution in [0.3, 0.4) is 0 Å². The van der Waals surface area contributed by atoms with E-state index in [0.717, 1.165) is 12.8 Å². The molecule has 0 radical (unpaired) electrons. The van der Waals surface area contributed by atoms with Gasteiger partial charge in [-0.15, -0.1) is 0 Å². The normalized spacial score (nSPS) is 11.5. The molecule has 0 aromatic rings. The van der Waals surface area contributed by atoms with E-state index in [-0.39, 0.29) is 6.10 Å². The second kappa shape index (κ2) is 10.4. The third-order valence-electron chi connectivity index (χ3n) is 1.35. The Bertz CT molecular complexity index is 85.8. The molecule has 0 aromatic heterocycles. The van der Waals surface area contributed by atoms with Crippen molar-refractivity contribution in [3.05, 3.63) is 0 Å². The molecule has 11 heavy (non-hydrogen) atoms. The SMILES string of the molecule is CCCC(O)C(C)C.[O]=[Ti][OH]. The molecule has 0 heterocycles. The average molecular weight is 197 g/mol. The van der Waals surface area contributed by atoms with Crippen molar-refractivity contribution in [1.82, 2.24) is 0 Å². The Morgan fingerprint density at radius 3 is 1.91 bits per heavy atom. The van der Waals surface area contributed by atoms with Crippen LogP contribution in [0.1, 0.15) is 33.6 Å². The second-order valence-corrected chi connectivity index (χ2v) is 2.98. The standard InChI is InChI=1S/C7H16O.H2O.O.Ti/c1-4-5-7(8)6(2)3;;;/h6-8H,4-5H2,1-3H3;1H2;;/q;;;+1/p-1. The number of aliphatic hydroxyl groups is 1. The van der Waals surface area contributed by atoms with Crippen LogP contribution in [0.25, 0.3) is 0 Å². The third kappa shape index (κ3) is 13.4. The molecular formula is C7H17O3Ti. The van der Waals surface area contributed by atoms with Crippen LogP contribution in [0, 0.1) is 5.92 Å². The fraction of sp³-hybridized carbons (Fsp3) is 1.00. The van der Waals surface area contributed by atoms with E-state index in [2.05, 4.69) is 6.92 Å². The summed E-state index contributed by atoms with van der Waals surface area (Å²) < 4.78 is 15.8. The molecule has 0 amide bonds. The van der Waals surface area contributed by atoms with Gasteiger partial charge in [-0.1, -0.05) is 27.2 Å². The third-order valence-corrected chi connectivity index (χ3v) is 1.35. The second-order valence-electron chi connectivity index (χ2n) is 2.69. The molecule has 67 valence electrons. The fourth-order valence-electron chi connectivity index (χ4n) is 0.629. The van der Waals surface area contributed by atoms with Gasteiger partial charge in [-0.05, 0) is 12.3 Å². The average Bonchev–Trinajstić information content (AvgIpc) is 1.90. The van der Waals surface area contributed by atoms with Gasteiger partial charge in [-0.2, -0.15) is 0 Å². The van der Waals surface area contributed by atoms with E-state index in [9.17, 15) is 0 Å². The molecule has 0 rings (SSSR count). The molecule has 0 bridgehead atoms. The van der Waals surface area contributed by atoms with Crippen molar-refractivity contribution >= 4 is 0 Å². The Morgan fingerprint density at radius 2 is 1.82 bits per heavy atom. The first-order chi connectivity index (χ1) is 5.09. The molecule has 0 aliphatic heterocycles. The van der Waals surface area contributed by atoms with E-state index in [0.29, 0.717) is 5.92 Å². The molecule has 1 unspecified atom stereocenters. The number of rotatable bonds is 3. The van der Waals surface area contributed by atoms with Gasteiger partial charge < -0.3 is 5.11 Å². The van der Waals surface area contributed by atoms with Crippen molar-refractivity contribution in [3.8, 4) is 0 Å². The predicted octanol–water partition coefficient (Wildman–Crippen LogP) is 1.13. The summed E-state index contributed by atoms with van der Waals surface area (Å²) in [6.07, 6.45) is 1.94. The maximum atomic E-state index is 9.13. The zero-order chi connectivity index (χ0) is 9.28. The molecule has 0 saturated carbocycles. The first-order valence-electron chi connectivity index (χ1n) is 3.79. The summed E-state index contributed by atoms with van der Waals surface area (Å²) in [4.78, 5) is 0. The van der Waals surface area contributed by atoms with E-state index in [1.54, 1.807) is 0 Å². The van der Waals surface area contributed by atoms with Gasteiger partial charge >= 0.3 is 26.5 Å². The topological polar surface area (TPSA) is 57.5 Å². The van der Waals surface area contributed by atoms with E-state index in [4.69, 9.17) is 12.1 Å². The van der Waals surface area contributed by atoms with Crippen LogP contribution < -0.4 is 0 Å². The molecule has 3 nitrogen and oxygen atoms in total. The van der Waals surface area contributed by atoms with E-state index >= 15 is 0 Å². The molecular weight excluding hydrogens is 180 g/mol. The minimum absolute atomic E-state index is 0.0833. The van der Waals surface area contributed by atoms with Crippen molar-refractivity contribution in [1.29, 1.82) is 0 Å². The van der Waals surface area contributed by atoms with Gasteiger partial charge in [-0.25, -0.2) is 0 Å². The summed E-state index contributed by atoms with van der Waals surface area (Å²) in [6.45, 7) is 6.17. The molecule has 2 N–H and O–H groups in total. The Balaban J connectivity index is 0. The molecule has 0 aromatic carbocycles. The fourth-order valence-corrected chi connectivity index (χ4v) is 0.629. The molecule has 0 spiro atoms. The quantitative estimate of drug-likeness (QED) is 0.666. The molecule has 4 heteroatoms. The Hall–Kier alpha value is 0.434. The van der Waals surface area contributed by atoms with Gasteiger partial charge in [0.25, 0.3) is 0 Å². The molecule has 0 aliphatic rings. The van der Waals surface area contributed by atoms with E-state index in [1.165, 1.54) is 0 Å². The number of hydrogen-bond acceptors (Lipinski definition) is 2. The van der Waals surface area contributed by atoms with Gasteiger partial charge in [-0.3, -0.25) is 0 Å². The van der Waals surface area contributed by atoms with Gasteiger partial charge in [0.1, 0.15) is 0 Å². The Kier molecular flexibility index (Phi) is 13.3. The molecule has 0 saturated heterocycles. The zero-order valence-electron chi connectivity index (χ0n) is 7.37. The van der Waals surface area contributed by atoms with E-state index in [1.807, 2.05) is 13.8 Å². The summed E-state index contributed by atoms with van der Waals surface area (Å²) in [7, 11) is 0. The summed E-state index contributed by atoms with van der Waals surface area (Å²) in [6, 6.07) is 0. The maximum absolute atomic E-state index is 9.13. The predicted molar refractivity (Wildman–Crippen MR) is 38.7 cm³/mol. The van der Waals surface area contributed by atoms with Crippen molar-refractivity contribution in [3.63, 3.8) is 0 Å². The van der Waals surface area contributed by atoms with Crippen LogP contribution in [-0.2, 0) is 22.8 Å². The van der Waals surface area contributed by atoms with Crippen LogP contribution in [0.15, 0.2) is 0 Å². The van der Waals surface area contributed by atoms with E-state index < -0.39 is 19.5 Å². The van der Waals surface area contributed by atoms with Crippen LogP contribution in [0.2, 0.25) is 0 Å². The molecule has 0 aliphatic carbocycles. The van der Waals surface area contributed by atoms with Crippen molar-refractivity contribution in [2.45, 2.75) is 39.7 Å². The number of hydrogen-bond donors (Lipinski definition) is 2. The Morgan fingerprint density at radius 1 is 1.45 bits per heavy atom. The monoisotopic (exact) mass is 197 g/mol. The van der Waals surface area contributed by atoms with Crippen molar-refractivity contribution < 1.29 is 31.6 Å². The number of aliphatic hydroxyl groups excluding tert-OH is 1. The molecule has 1 atom stereocenters. The summed E-state index contributed by atoms with van der Waals surface area (Å²) >= 11 is -1.75. The first kappa shape index (κ1) is 14.0. The van der Waals surface area contributed by atoms with Gasteiger partial charge in [0.2, 0.25) is 0 Å². The van der Waals surface area contributed by atoms with Crippen molar-refractivity contribution in [2.75, 3.05) is 0 Å². The van der Waals surface area contributed by atoms with Crippen LogP contribution in [0.5, 0.6) is 0 Å². The minimum atomic E-state index is -1.75. The summed E-state index contributed by atoms with van der Waals surface area (Å²) in [5.41, 5.74) is 0. The first-order valence-corrected chi connectivity index (χ1v) is 5.13. The zero-order valence-corrected chi connectivity index (χ0v) is 8.93.